The molecule has 0 aliphatic carbocycles. The van der Waals surface area contributed by atoms with Gasteiger partial charge in [0.15, 0.2) is 5.84 Å². The lowest BCUT2D eigenvalue weighted by Gasteiger charge is -2.30. The topological polar surface area (TPSA) is 91.0 Å². The number of nitrogens with one attached hydrogen (secondary N) is 1. The van der Waals surface area contributed by atoms with Gasteiger partial charge in [0.2, 0.25) is 0 Å². The van der Waals surface area contributed by atoms with Crippen LogP contribution in [-0.4, -0.2) is 35.1 Å². The summed E-state index contributed by atoms with van der Waals surface area (Å²) in [5.41, 5.74) is 7.11. The molecule has 1 aliphatic rings. The molecule has 1 heterocycles. The van der Waals surface area contributed by atoms with Crippen LogP contribution in [0.15, 0.2) is 29.4 Å². The molecular weight excluding hydrogens is 268 g/mol. The van der Waals surface area contributed by atoms with Crippen molar-refractivity contribution in [2.24, 2.45) is 16.8 Å². The number of amides is 2. The van der Waals surface area contributed by atoms with E-state index in [0.29, 0.717) is 18.0 Å². The summed E-state index contributed by atoms with van der Waals surface area (Å²) in [7, 11) is 0. The standard InChI is InChI=1S/C15H22N4O2/c1-11-4-3-7-19(10-11)15(20)17-9-12-5-2-6-13(8-12)14(16)18-21/h2,5-6,8,11,21H,3-4,7,9-10H2,1H3,(H2,16,18)(H,17,20). The zero-order valence-corrected chi connectivity index (χ0v) is 12.2. The summed E-state index contributed by atoms with van der Waals surface area (Å²) in [5.74, 6) is 0.626. The molecule has 1 aromatic carbocycles. The molecule has 0 aromatic heterocycles. The molecule has 1 fully saturated rings. The number of hydrogen-bond donors (Lipinski definition) is 3. The van der Waals surface area contributed by atoms with E-state index in [1.54, 1.807) is 12.1 Å². The van der Waals surface area contributed by atoms with Gasteiger partial charge in [-0.2, -0.15) is 0 Å². The number of piperidine rings is 1. The van der Waals surface area contributed by atoms with Gasteiger partial charge in [-0.3, -0.25) is 0 Å². The summed E-state index contributed by atoms with van der Waals surface area (Å²) >= 11 is 0. The SMILES string of the molecule is CC1CCCN(C(=O)NCc2cccc(C(N)=NO)c2)C1. The van der Waals surface area contributed by atoms with E-state index in [0.717, 1.165) is 25.1 Å². The Labute approximate surface area is 124 Å². The largest absolute Gasteiger partial charge is 0.409 e. The zero-order valence-electron chi connectivity index (χ0n) is 12.2. The average molecular weight is 290 g/mol. The smallest absolute Gasteiger partial charge is 0.317 e. The summed E-state index contributed by atoms with van der Waals surface area (Å²) in [6, 6.07) is 7.24. The molecule has 6 heteroatoms. The van der Waals surface area contributed by atoms with Crippen molar-refractivity contribution in [3.8, 4) is 0 Å². The summed E-state index contributed by atoms with van der Waals surface area (Å²) in [5, 5.41) is 14.6. The number of nitrogens with two attached hydrogens (primary N) is 1. The van der Waals surface area contributed by atoms with Gasteiger partial charge in [-0.05, 0) is 30.4 Å². The van der Waals surface area contributed by atoms with E-state index in [-0.39, 0.29) is 11.9 Å². The third kappa shape index (κ3) is 4.11. The van der Waals surface area contributed by atoms with Crippen LogP contribution < -0.4 is 11.1 Å². The van der Waals surface area contributed by atoms with E-state index in [4.69, 9.17) is 10.9 Å². The van der Waals surface area contributed by atoms with Gasteiger partial charge >= 0.3 is 6.03 Å². The van der Waals surface area contributed by atoms with Crippen LogP contribution in [-0.2, 0) is 6.54 Å². The maximum atomic E-state index is 12.1. The monoisotopic (exact) mass is 290 g/mol. The lowest BCUT2D eigenvalue weighted by Crippen LogP contribution is -2.44. The highest BCUT2D eigenvalue weighted by Gasteiger charge is 2.20. The molecule has 0 bridgehead atoms. The predicted octanol–water partition coefficient (Wildman–Crippen LogP) is 1.72. The second kappa shape index (κ2) is 6.97. The van der Waals surface area contributed by atoms with Gasteiger partial charge in [-0.15, -0.1) is 0 Å². The van der Waals surface area contributed by atoms with Gasteiger partial charge in [0.05, 0.1) is 0 Å². The number of likely N-dealkylation sites (tertiary alicyclic amines) is 1. The highest BCUT2D eigenvalue weighted by molar-refractivity contribution is 5.97. The molecule has 6 nitrogen and oxygen atoms in total. The number of hydrogen-bond acceptors (Lipinski definition) is 3. The van der Waals surface area contributed by atoms with Gasteiger partial charge in [-0.1, -0.05) is 30.3 Å². The first-order chi connectivity index (χ1) is 10.1. The number of urea groups is 1. The maximum Gasteiger partial charge on any atom is 0.317 e. The molecule has 1 unspecified atom stereocenters. The van der Waals surface area contributed by atoms with Crippen molar-refractivity contribution in [3.05, 3.63) is 35.4 Å². The van der Waals surface area contributed by atoms with E-state index in [2.05, 4.69) is 17.4 Å². The van der Waals surface area contributed by atoms with Crippen molar-refractivity contribution in [2.75, 3.05) is 13.1 Å². The van der Waals surface area contributed by atoms with Gasteiger partial charge < -0.3 is 21.2 Å². The van der Waals surface area contributed by atoms with E-state index in [1.165, 1.54) is 6.42 Å². The van der Waals surface area contributed by atoms with Crippen molar-refractivity contribution in [1.29, 1.82) is 0 Å². The van der Waals surface area contributed by atoms with Gasteiger partial charge in [0.1, 0.15) is 0 Å². The second-order valence-corrected chi connectivity index (χ2v) is 5.54. The number of nitrogens with zero attached hydrogens (tertiary/aromatic N) is 2. The first-order valence-electron chi connectivity index (χ1n) is 7.19. The maximum absolute atomic E-state index is 12.1. The van der Waals surface area contributed by atoms with Crippen molar-refractivity contribution in [3.63, 3.8) is 0 Å². The highest BCUT2D eigenvalue weighted by atomic mass is 16.4. The Hall–Kier alpha value is -2.24. The number of amidine groups is 1. The Bertz CT molecular complexity index is 530. The quantitative estimate of drug-likeness (QED) is 0.342. The molecule has 2 amide bonds. The minimum absolute atomic E-state index is 0.0317. The van der Waals surface area contributed by atoms with Gasteiger partial charge in [0, 0.05) is 25.2 Å². The van der Waals surface area contributed by atoms with Crippen LogP contribution in [0, 0.1) is 5.92 Å². The summed E-state index contributed by atoms with van der Waals surface area (Å²) in [6.45, 7) is 4.23. The van der Waals surface area contributed by atoms with Crippen LogP contribution in [0.3, 0.4) is 0 Å². The first-order valence-corrected chi connectivity index (χ1v) is 7.19. The minimum Gasteiger partial charge on any atom is -0.409 e. The first kappa shape index (κ1) is 15.2. The van der Waals surface area contributed by atoms with E-state index < -0.39 is 0 Å². The summed E-state index contributed by atoms with van der Waals surface area (Å²) in [6.07, 6.45) is 2.25. The summed E-state index contributed by atoms with van der Waals surface area (Å²) in [4.78, 5) is 14.0. The van der Waals surface area contributed by atoms with Crippen LogP contribution in [0.4, 0.5) is 4.79 Å². The molecule has 4 N–H and O–H groups in total. The van der Waals surface area contributed by atoms with E-state index in [1.807, 2.05) is 17.0 Å². The van der Waals surface area contributed by atoms with Crippen molar-refractivity contribution in [1.82, 2.24) is 10.2 Å². The fourth-order valence-corrected chi connectivity index (χ4v) is 2.56. The summed E-state index contributed by atoms with van der Waals surface area (Å²) < 4.78 is 0. The molecule has 0 radical (unpaired) electrons. The molecule has 2 rings (SSSR count). The molecule has 0 spiro atoms. The number of carbonyl (C=O) groups excluding carboxylic acids is 1. The molecule has 1 aliphatic heterocycles. The molecule has 1 atom stereocenters. The third-order valence-electron chi connectivity index (χ3n) is 3.72. The Morgan fingerprint density at radius 3 is 3.10 bits per heavy atom. The van der Waals surface area contributed by atoms with Crippen molar-refractivity contribution >= 4 is 11.9 Å². The zero-order chi connectivity index (χ0) is 15.2. The number of benzene rings is 1. The number of rotatable bonds is 3. The van der Waals surface area contributed by atoms with Crippen LogP contribution in [0.25, 0.3) is 0 Å². The predicted molar refractivity (Wildman–Crippen MR) is 81.2 cm³/mol. The fourth-order valence-electron chi connectivity index (χ4n) is 2.56. The number of oxime groups is 1. The normalized spacial score (nSPS) is 19.4. The lowest BCUT2D eigenvalue weighted by molar-refractivity contribution is 0.169. The Morgan fingerprint density at radius 2 is 2.38 bits per heavy atom. The molecule has 0 saturated carbocycles. The average Bonchev–Trinajstić information content (AvgIpc) is 2.52. The highest BCUT2D eigenvalue weighted by Crippen LogP contribution is 2.15. The van der Waals surface area contributed by atoms with Crippen LogP contribution in [0.5, 0.6) is 0 Å². The molecule has 1 saturated heterocycles. The number of carbonyl (C=O) groups is 1. The van der Waals surface area contributed by atoms with Crippen molar-refractivity contribution in [2.45, 2.75) is 26.3 Å². The Kier molecular flexibility index (Phi) is 5.03. The fraction of sp³-hybridized carbons (Fsp3) is 0.467. The Balaban J connectivity index is 1.92. The molecule has 21 heavy (non-hydrogen) atoms. The van der Waals surface area contributed by atoms with E-state index in [9.17, 15) is 4.79 Å². The van der Waals surface area contributed by atoms with Gasteiger partial charge in [-0.25, -0.2) is 4.79 Å². The molecule has 1 aromatic rings. The third-order valence-corrected chi connectivity index (χ3v) is 3.72. The van der Waals surface area contributed by atoms with E-state index >= 15 is 0 Å². The van der Waals surface area contributed by atoms with Crippen molar-refractivity contribution < 1.29 is 10.0 Å². The van der Waals surface area contributed by atoms with Crippen LogP contribution in [0.2, 0.25) is 0 Å². The van der Waals surface area contributed by atoms with Crippen LogP contribution >= 0.6 is 0 Å². The van der Waals surface area contributed by atoms with Gasteiger partial charge in [0.25, 0.3) is 0 Å². The minimum atomic E-state index is -0.0317. The molecule has 114 valence electrons. The second-order valence-electron chi connectivity index (χ2n) is 5.54. The molecular formula is C15H22N4O2. The lowest BCUT2D eigenvalue weighted by atomic mass is 10.0. The van der Waals surface area contributed by atoms with Crippen LogP contribution in [0.1, 0.15) is 30.9 Å². The Morgan fingerprint density at radius 1 is 1.57 bits per heavy atom.